The SMILES string of the molecule is O=C(Nc1cccnc1Cl)c1ccc2c(c1)NCC2. The van der Waals surface area contributed by atoms with Crippen LogP contribution in [-0.4, -0.2) is 17.4 Å². The number of aromatic nitrogens is 1. The number of carbonyl (C=O) groups is 1. The van der Waals surface area contributed by atoms with E-state index in [0.29, 0.717) is 11.3 Å². The Bertz CT molecular complexity index is 642. The van der Waals surface area contributed by atoms with Gasteiger partial charge in [0.2, 0.25) is 0 Å². The lowest BCUT2D eigenvalue weighted by atomic mass is 10.1. The molecule has 0 saturated carbocycles. The zero-order chi connectivity index (χ0) is 13.2. The average Bonchev–Trinajstić information content (AvgIpc) is 2.88. The second-order valence-electron chi connectivity index (χ2n) is 4.34. The number of pyridine rings is 1. The number of hydrogen-bond acceptors (Lipinski definition) is 3. The highest BCUT2D eigenvalue weighted by Crippen LogP contribution is 2.24. The molecule has 2 aromatic rings. The summed E-state index contributed by atoms with van der Waals surface area (Å²) in [6.07, 6.45) is 2.59. The van der Waals surface area contributed by atoms with Crippen molar-refractivity contribution in [2.24, 2.45) is 0 Å². The molecule has 0 saturated heterocycles. The minimum atomic E-state index is -0.189. The van der Waals surface area contributed by atoms with Crippen LogP contribution in [0.1, 0.15) is 15.9 Å². The second kappa shape index (κ2) is 4.90. The highest BCUT2D eigenvalue weighted by molar-refractivity contribution is 6.32. The molecule has 1 amide bonds. The topological polar surface area (TPSA) is 54.0 Å². The van der Waals surface area contributed by atoms with Crippen molar-refractivity contribution in [3.05, 3.63) is 52.8 Å². The summed E-state index contributed by atoms with van der Waals surface area (Å²) in [6.45, 7) is 0.925. The number of rotatable bonds is 2. The lowest BCUT2D eigenvalue weighted by molar-refractivity contribution is 0.102. The molecule has 1 aliphatic rings. The van der Waals surface area contributed by atoms with Gasteiger partial charge in [0.25, 0.3) is 5.91 Å². The first-order valence-electron chi connectivity index (χ1n) is 6.03. The van der Waals surface area contributed by atoms with Gasteiger partial charge in [0.15, 0.2) is 5.15 Å². The smallest absolute Gasteiger partial charge is 0.255 e. The Morgan fingerprint density at radius 2 is 2.26 bits per heavy atom. The minimum Gasteiger partial charge on any atom is -0.384 e. The molecule has 1 aliphatic heterocycles. The number of halogens is 1. The number of fused-ring (bicyclic) bond motifs is 1. The highest BCUT2D eigenvalue weighted by atomic mass is 35.5. The molecule has 96 valence electrons. The van der Waals surface area contributed by atoms with Crippen molar-refractivity contribution in [3.63, 3.8) is 0 Å². The van der Waals surface area contributed by atoms with E-state index in [1.807, 2.05) is 18.2 Å². The molecule has 3 rings (SSSR count). The van der Waals surface area contributed by atoms with Gasteiger partial charge in [0.1, 0.15) is 0 Å². The van der Waals surface area contributed by atoms with E-state index in [0.717, 1.165) is 18.7 Å². The molecule has 2 N–H and O–H groups in total. The first-order chi connectivity index (χ1) is 9.24. The molecule has 4 nitrogen and oxygen atoms in total. The number of nitrogens with zero attached hydrogens (tertiary/aromatic N) is 1. The number of benzene rings is 1. The second-order valence-corrected chi connectivity index (χ2v) is 4.70. The van der Waals surface area contributed by atoms with Gasteiger partial charge in [-0.15, -0.1) is 0 Å². The third-order valence-corrected chi connectivity index (χ3v) is 3.39. The Morgan fingerprint density at radius 1 is 1.37 bits per heavy atom. The largest absolute Gasteiger partial charge is 0.384 e. The maximum atomic E-state index is 12.1. The van der Waals surface area contributed by atoms with Gasteiger partial charge in [0.05, 0.1) is 5.69 Å². The van der Waals surface area contributed by atoms with E-state index >= 15 is 0 Å². The number of hydrogen-bond donors (Lipinski definition) is 2. The quantitative estimate of drug-likeness (QED) is 0.827. The predicted octanol–water partition coefficient (Wildman–Crippen LogP) is 2.96. The van der Waals surface area contributed by atoms with Crippen LogP contribution in [0.15, 0.2) is 36.5 Å². The summed E-state index contributed by atoms with van der Waals surface area (Å²) in [6, 6.07) is 9.12. The number of anilines is 2. The van der Waals surface area contributed by atoms with Gasteiger partial charge in [-0.1, -0.05) is 17.7 Å². The lowest BCUT2D eigenvalue weighted by Crippen LogP contribution is -2.12. The van der Waals surface area contributed by atoms with E-state index in [1.54, 1.807) is 18.3 Å². The summed E-state index contributed by atoms with van der Waals surface area (Å²) in [5.41, 5.74) is 3.40. The molecular weight excluding hydrogens is 262 g/mol. The van der Waals surface area contributed by atoms with Crippen molar-refractivity contribution in [2.45, 2.75) is 6.42 Å². The molecule has 0 spiro atoms. The Morgan fingerprint density at radius 3 is 3.11 bits per heavy atom. The Balaban J connectivity index is 1.83. The average molecular weight is 274 g/mol. The maximum absolute atomic E-state index is 12.1. The first kappa shape index (κ1) is 12.0. The van der Waals surface area contributed by atoms with Gasteiger partial charge in [-0.2, -0.15) is 0 Å². The zero-order valence-corrected chi connectivity index (χ0v) is 10.9. The molecule has 0 aliphatic carbocycles. The summed E-state index contributed by atoms with van der Waals surface area (Å²) in [5, 5.41) is 6.30. The number of nitrogens with one attached hydrogen (secondary N) is 2. The van der Waals surface area contributed by atoms with Crippen molar-refractivity contribution in [2.75, 3.05) is 17.2 Å². The van der Waals surface area contributed by atoms with Gasteiger partial charge in [0, 0.05) is 24.0 Å². The highest BCUT2D eigenvalue weighted by Gasteiger charge is 2.14. The fourth-order valence-corrected chi connectivity index (χ4v) is 2.27. The van der Waals surface area contributed by atoms with Crippen LogP contribution in [0, 0.1) is 0 Å². The summed E-state index contributed by atoms with van der Waals surface area (Å²) < 4.78 is 0. The molecule has 1 aromatic heterocycles. The van der Waals surface area contributed by atoms with E-state index in [1.165, 1.54) is 5.56 Å². The van der Waals surface area contributed by atoms with Crippen LogP contribution in [-0.2, 0) is 6.42 Å². The predicted molar refractivity (Wildman–Crippen MR) is 75.8 cm³/mol. The van der Waals surface area contributed by atoms with E-state index in [-0.39, 0.29) is 11.1 Å². The van der Waals surface area contributed by atoms with Crippen LogP contribution in [0.4, 0.5) is 11.4 Å². The maximum Gasteiger partial charge on any atom is 0.255 e. The Labute approximate surface area is 115 Å². The number of amides is 1. The van der Waals surface area contributed by atoms with Crippen molar-refractivity contribution in [3.8, 4) is 0 Å². The summed E-state index contributed by atoms with van der Waals surface area (Å²) >= 11 is 5.91. The zero-order valence-electron chi connectivity index (χ0n) is 10.1. The molecule has 1 aromatic carbocycles. The van der Waals surface area contributed by atoms with Gasteiger partial charge in [-0.3, -0.25) is 4.79 Å². The van der Waals surface area contributed by atoms with Crippen LogP contribution < -0.4 is 10.6 Å². The fraction of sp³-hybridized carbons (Fsp3) is 0.143. The van der Waals surface area contributed by atoms with Crippen molar-refractivity contribution in [1.82, 2.24) is 4.98 Å². The third-order valence-electron chi connectivity index (χ3n) is 3.09. The van der Waals surface area contributed by atoms with Gasteiger partial charge >= 0.3 is 0 Å². The summed E-state index contributed by atoms with van der Waals surface area (Å²) in [5.74, 6) is -0.189. The number of carbonyl (C=O) groups excluding carboxylic acids is 1. The van der Waals surface area contributed by atoms with Crippen LogP contribution in [0.3, 0.4) is 0 Å². The lowest BCUT2D eigenvalue weighted by Gasteiger charge is -2.07. The van der Waals surface area contributed by atoms with Crippen molar-refractivity contribution >= 4 is 28.9 Å². The van der Waals surface area contributed by atoms with E-state index < -0.39 is 0 Å². The minimum absolute atomic E-state index is 0.189. The molecular formula is C14H12ClN3O. The summed E-state index contributed by atoms with van der Waals surface area (Å²) in [7, 11) is 0. The molecule has 0 unspecified atom stereocenters. The van der Waals surface area contributed by atoms with E-state index in [9.17, 15) is 4.79 Å². The standard InChI is InChI=1S/C14H12ClN3O/c15-13-11(2-1-6-17-13)18-14(19)10-4-3-9-5-7-16-12(9)8-10/h1-4,6,8,16H,5,7H2,(H,18,19). The molecule has 5 heteroatoms. The van der Waals surface area contributed by atoms with Crippen LogP contribution in [0.5, 0.6) is 0 Å². The molecule has 0 bridgehead atoms. The van der Waals surface area contributed by atoms with Crippen LogP contribution >= 0.6 is 11.6 Å². The molecule has 0 atom stereocenters. The molecule has 0 fully saturated rings. The monoisotopic (exact) mass is 273 g/mol. The molecule has 2 heterocycles. The van der Waals surface area contributed by atoms with Gasteiger partial charge in [-0.05, 0) is 36.2 Å². The van der Waals surface area contributed by atoms with Gasteiger partial charge in [-0.25, -0.2) is 4.98 Å². The van der Waals surface area contributed by atoms with E-state index in [4.69, 9.17) is 11.6 Å². The molecule has 0 radical (unpaired) electrons. The van der Waals surface area contributed by atoms with Crippen LogP contribution in [0.2, 0.25) is 5.15 Å². The fourth-order valence-electron chi connectivity index (χ4n) is 2.11. The van der Waals surface area contributed by atoms with Crippen molar-refractivity contribution in [1.29, 1.82) is 0 Å². The normalized spacial score (nSPS) is 12.7. The van der Waals surface area contributed by atoms with Crippen LogP contribution in [0.25, 0.3) is 0 Å². The Kier molecular flexibility index (Phi) is 3.09. The van der Waals surface area contributed by atoms with E-state index in [2.05, 4.69) is 15.6 Å². The first-order valence-corrected chi connectivity index (χ1v) is 6.40. The molecule has 19 heavy (non-hydrogen) atoms. The third kappa shape index (κ3) is 2.39. The summed E-state index contributed by atoms with van der Waals surface area (Å²) in [4.78, 5) is 16.1. The Hall–Kier alpha value is -2.07. The van der Waals surface area contributed by atoms with Gasteiger partial charge < -0.3 is 10.6 Å². The van der Waals surface area contributed by atoms with Crippen molar-refractivity contribution < 1.29 is 4.79 Å².